The second-order valence-electron chi connectivity index (χ2n) is 4.05. The summed E-state index contributed by atoms with van der Waals surface area (Å²) >= 11 is 1.74. The number of rotatable bonds is 4. The van der Waals surface area contributed by atoms with Crippen LogP contribution in [0.5, 0.6) is 0 Å². The van der Waals surface area contributed by atoms with Gasteiger partial charge in [0.2, 0.25) is 0 Å². The zero-order valence-electron chi connectivity index (χ0n) is 10.2. The van der Waals surface area contributed by atoms with E-state index in [-0.39, 0.29) is 11.6 Å². The van der Waals surface area contributed by atoms with Crippen molar-refractivity contribution in [3.05, 3.63) is 45.8 Å². The van der Waals surface area contributed by atoms with Gasteiger partial charge < -0.3 is 10.4 Å². The molecule has 2 aromatic heterocycles. The highest BCUT2D eigenvalue weighted by atomic mass is 32.1. The molecule has 0 bridgehead atoms. The van der Waals surface area contributed by atoms with Gasteiger partial charge in [-0.1, -0.05) is 0 Å². The molecular weight excluding hydrogens is 248 g/mol. The van der Waals surface area contributed by atoms with Crippen molar-refractivity contribution in [2.24, 2.45) is 0 Å². The van der Waals surface area contributed by atoms with Crippen LogP contribution in [0.2, 0.25) is 0 Å². The molecule has 1 unspecified atom stereocenters. The number of aromatic nitrogens is 1. The Balaban J connectivity index is 2.07. The first-order valence-corrected chi connectivity index (χ1v) is 6.40. The van der Waals surface area contributed by atoms with Gasteiger partial charge in [-0.15, -0.1) is 11.3 Å². The minimum atomic E-state index is -0.962. The van der Waals surface area contributed by atoms with Crippen molar-refractivity contribution < 1.29 is 9.90 Å². The second kappa shape index (κ2) is 5.18. The Morgan fingerprint density at radius 2 is 2.17 bits per heavy atom. The van der Waals surface area contributed by atoms with E-state index in [1.165, 1.54) is 16.0 Å². The van der Waals surface area contributed by atoms with Crippen molar-refractivity contribution in [2.45, 2.75) is 19.9 Å². The number of hydrogen-bond acceptors (Lipinski definition) is 4. The zero-order chi connectivity index (χ0) is 13.1. The van der Waals surface area contributed by atoms with Crippen LogP contribution in [0.3, 0.4) is 0 Å². The van der Waals surface area contributed by atoms with Crippen LogP contribution >= 0.6 is 11.3 Å². The molecule has 0 spiro atoms. The maximum absolute atomic E-state index is 10.7. The van der Waals surface area contributed by atoms with Crippen LogP contribution in [0.25, 0.3) is 0 Å². The van der Waals surface area contributed by atoms with Gasteiger partial charge in [-0.3, -0.25) is 0 Å². The smallest absolute Gasteiger partial charge is 0.337 e. The Hall–Kier alpha value is -1.88. The number of carboxylic acids is 1. The Morgan fingerprint density at radius 3 is 2.67 bits per heavy atom. The van der Waals surface area contributed by atoms with Gasteiger partial charge in [0.1, 0.15) is 5.82 Å². The van der Waals surface area contributed by atoms with E-state index in [1.54, 1.807) is 23.5 Å². The molecule has 0 aliphatic carbocycles. The van der Waals surface area contributed by atoms with Crippen LogP contribution in [0, 0.1) is 6.92 Å². The third-order valence-corrected chi connectivity index (χ3v) is 3.75. The number of aromatic carboxylic acids is 1. The predicted molar refractivity (Wildman–Crippen MR) is 72.3 cm³/mol. The quantitative estimate of drug-likeness (QED) is 0.887. The highest BCUT2D eigenvalue weighted by Crippen LogP contribution is 2.25. The topological polar surface area (TPSA) is 62.2 Å². The fourth-order valence-corrected chi connectivity index (χ4v) is 2.46. The molecule has 94 valence electrons. The van der Waals surface area contributed by atoms with E-state index < -0.39 is 5.97 Å². The number of hydrogen-bond donors (Lipinski definition) is 2. The van der Waals surface area contributed by atoms with Crippen LogP contribution in [0.1, 0.15) is 33.1 Å². The van der Waals surface area contributed by atoms with Crippen LogP contribution in [-0.2, 0) is 0 Å². The van der Waals surface area contributed by atoms with Gasteiger partial charge in [0.25, 0.3) is 0 Å². The molecule has 2 N–H and O–H groups in total. The second-order valence-corrected chi connectivity index (χ2v) is 5.37. The minimum absolute atomic E-state index is 0.159. The largest absolute Gasteiger partial charge is 0.478 e. The molecule has 2 aromatic rings. The van der Waals surface area contributed by atoms with E-state index in [0.29, 0.717) is 5.82 Å². The van der Waals surface area contributed by atoms with Crippen LogP contribution in [0.15, 0.2) is 30.5 Å². The van der Waals surface area contributed by atoms with Gasteiger partial charge in [0.15, 0.2) is 0 Å². The first-order chi connectivity index (χ1) is 8.56. The van der Waals surface area contributed by atoms with E-state index in [2.05, 4.69) is 36.3 Å². The summed E-state index contributed by atoms with van der Waals surface area (Å²) in [5, 5.41) is 12.0. The lowest BCUT2D eigenvalue weighted by atomic mass is 10.2. The number of anilines is 1. The van der Waals surface area contributed by atoms with E-state index in [0.717, 1.165) is 0 Å². The molecule has 0 aromatic carbocycles. The highest BCUT2D eigenvalue weighted by Gasteiger charge is 2.09. The summed E-state index contributed by atoms with van der Waals surface area (Å²) in [6.07, 6.45) is 1.36. The summed E-state index contributed by atoms with van der Waals surface area (Å²) < 4.78 is 0. The zero-order valence-corrected chi connectivity index (χ0v) is 11.0. The normalized spacial score (nSPS) is 12.1. The lowest BCUT2D eigenvalue weighted by Crippen LogP contribution is -2.07. The molecule has 18 heavy (non-hydrogen) atoms. The van der Waals surface area contributed by atoms with Crippen molar-refractivity contribution in [3.8, 4) is 0 Å². The standard InChI is InChI=1S/C13H14N2O2S/c1-8-3-5-11(18-8)9(2)15-12-6-4-10(7-14-12)13(16)17/h3-7,9H,1-2H3,(H,14,15)(H,16,17). The van der Waals surface area contributed by atoms with Crippen molar-refractivity contribution in [1.29, 1.82) is 0 Å². The van der Waals surface area contributed by atoms with Crippen molar-refractivity contribution in [2.75, 3.05) is 5.32 Å². The molecule has 0 saturated carbocycles. The summed E-state index contributed by atoms with van der Waals surface area (Å²) in [7, 11) is 0. The molecule has 0 saturated heterocycles. The monoisotopic (exact) mass is 262 g/mol. The average Bonchev–Trinajstić information content (AvgIpc) is 2.76. The SMILES string of the molecule is Cc1ccc(C(C)Nc2ccc(C(=O)O)cn2)s1. The van der Waals surface area contributed by atoms with Gasteiger partial charge >= 0.3 is 5.97 Å². The molecule has 0 radical (unpaired) electrons. The van der Waals surface area contributed by atoms with Gasteiger partial charge in [-0.2, -0.15) is 0 Å². The Bertz CT molecular complexity index is 548. The maximum Gasteiger partial charge on any atom is 0.337 e. The fourth-order valence-electron chi connectivity index (χ4n) is 1.58. The first kappa shape index (κ1) is 12.6. The third kappa shape index (κ3) is 2.87. The molecule has 0 fully saturated rings. The number of nitrogens with zero attached hydrogens (tertiary/aromatic N) is 1. The number of thiophene rings is 1. The third-order valence-electron chi connectivity index (χ3n) is 2.56. The van der Waals surface area contributed by atoms with E-state index in [1.807, 2.05) is 0 Å². The molecule has 0 aliphatic heterocycles. The summed E-state index contributed by atoms with van der Waals surface area (Å²) in [6.45, 7) is 4.12. The summed E-state index contributed by atoms with van der Waals surface area (Å²) in [6, 6.07) is 7.55. The Morgan fingerprint density at radius 1 is 1.39 bits per heavy atom. The summed E-state index contributed by atoms with van der Waals surface area (Å²) in [5.41, 5.74) is 0.195. The van der Waals surface area contributed by atoms with E-state index in [9.17, 15) is 4.79 Å². The molecule has 0 amide bonds. The van der Waals surface area contributed by atoms with E-state index >= 15 is 0 Å². The Labute approximate surface area is 109 Å². The number of carboxylic acid groups (broad SMARTS) is 1. The van der Waals surface area contributed by atoms with Gasteiger partial charge in [0.05, 0.1) is 11.6 Å². The van der Waals surface area contributed by atoms with Gasteiger partial charge in [-0.05, 0) is 38.1 Å². The predicted octanol–water partition coefficient (Wildman–Crippen LogP) is 3.32. The summed E-state index contributed by atoms with van der Waals surface area (Å²) in [5.74, 6) is -0.283. The number of carbonyl (C=O) groups is 1. The van der Waals surface area contributed by atoms with Gasteiger partial charge in [-0.25, -0.2) is 9.78 Å². The van der Waals surface area contributed by atoms with Crippen LogP contribution in [-0.4, -0.2) is 16.1 Å². The Kier molecular flexibility index (Phi) is 3.62. The van der Waals surface area contributed by atoms with Crippen molar-refractivity contribution in [1.82, 2.24) is 4.98 Å². The van der Waals surface area contributed by atoms with Crippen LogP contribution < -0.4 is 5.32 Å². The number of pyridine rings is 1. The molecule has 1 atom stereocenters. The highest BCUT2D eigenvalue weighted by molar-refractivity contribution is 7.12. The molecule has 5 heteroatoms. The maximum atomic E-state index is 10.7. The molecular formula is C13H14N2O2S. The molecule has 4 nitrogen and oxygen atoms in total. The van der Waals surface area contributed by atoms with E-state index in [4.69, 9.17) is 5.11 Å². The first-order valence-electron chi connectivity index (χ1n) is 5.58. The molecule has 2 heterocycles. The summed E-state index contributed by atoms with van der Waals surface area (Å²) in [4.78, 5) is 17.3. The average molecular weight is 262 g/mol. The lowest BCUT2D eigenvalue weighted by Gasteiger charge is -2.12. The fraction of sp³-hybridized carbons (Fsp3) is 0.231. The molecule has 2 rings (SSSR count). The van der Waals surface area contributed by atoms with Crippen molar-refractivity contribution in [3.63, 3.8) is 0 Å². The van der Waals surface area contributed by atoms with Crippen LogP contribution in [0.4, 0.5) is 5.82 Å². The molecule has 0 aliphatic rings. The number of aryl methyl sites for hydroxylation is 1. The van der Waals surface area contributed by atoms with Crippen molar-refractivity contribution >= 4 is 23.1 Å². The minimum Gasteiger partial charge on any atom is -0.478 e. The number of nitrogens with one attached hydrogen (secondary N) is 1. The van der Waals surface area contributed by atoms with Gasteiger partial charge in [0, 0.05) is 16.0 Å². The lowest BCUT2D eigenvalue weighted by molar-refractivity contribution is 0.0696.